The number of rotatable bonds is 7. The molecule has 0 aliphatic carbocycles. The summed E-state index contributed by atoms with van der Waals surface area (Å²) in [6.45, 7) is 0.474. The van der Waals surface area contributed by atoms with Gasteiger partial charge in [-0.15, -0.1) is 0 Å². The predicted molar refractivity (Wildman–Crippen MR) is 74.3 cm³/mol. The molecule has 7 nitrogen and oxygen atoms in total. The first kappa shape index (κ1) is 16.7. The molecule has 1 unspecified atom stereocenters. The molecular weight excluding hydrogens is 284 g/mol. The summed E-state index contributed by atoms with van der Waals surface area (Å²) in [5.41, 5.74) is 0. The summed E-state index contributed by atoms with van der Waals surface area (Å²) in [6, 6.07) is -0.516. The summed E-state index contributed by atoms with van der Waals surface area (Å²) in [5.74, 6) is -0.629. The van der Waals surface area contributed by atoms with Gasteiger partial charge >= 0.3 is 12.0 Å². The monoisotopic (exact) mass is 306 g/mol. The van der Waals surface area contributed by atoms with Gasteiger partial charge in [0.05, 0.1) is 11.5 Å². The number of unbranched alkanes of at least 4 members (excludes halogenated alkanes) is 2. The second-order valence-electron chi connectivity index (χ2n) is 5.10. The lowest BCUT2D eigenvalue weighted by molar-refractivity contribution is -0.137. The van der Waals surface area contributed by atoms with E-state index in [1.807, 2.05) is 0 Å². The van der Waals surface area contributed by atoms with Gasteiger partial charge in [0.1, 0.15) is 0 Å². The minimum atomic E-state index is -2.99. The van der Waals surface area contributed by atoms with Crippen LogP contribution in [0.1, 0.15) is 32.1 Å². The molecule has 1 saturated heterocycles. The Kier molecular flexibility index (Phi) is 6.25. The third kappa shape index (κ3) is 5.77. The molecular formula is C12H22N2O5S. The van der Waals surface area contributed by atoms with Gasteiger partial charge in [-0.25, -0.2) is 13.2 Å². The number of aliphatic carboxylic acids is 1. The largest absolute Gasteiger partial charge is 0.481 e. The molecule has 0 spiro atoms. The topological polar surface area (TPSA) is 104 Å². The van der Waals surface area contributed by atoms with Crippen LogP contribution in [0.15, 0.2) is 0 Å². The average Bonchev–Trinajstić information content (AvgIpc) is 2.72. The second kappa shape index (κ2) is 7.47. The Hall–Kier alpha value is -1.31. The van der Waals surface area contributed by atoms with Crippen LogP contribution in [0, 0.1) is 0 Å². The fourth-order valence-corrected chi connectivity index (χ4v) is 3.92. The SMILES string of the molecule is CN(C(=O)NCCCCCC(=O)O)C1CCS(=O)(=O)C1. The molecule has 1 rings (SSSR count). The van der Waals surface area contributed by atoms with Gasteiger partial charge in [0.25, 0.3) is 0 Å². The van der Waals surface area contributed by atoms with Crippen molar-refractivity contribution in [1.29, 1.82) is 0 Å². The molecule has 8 heteroatoms. The number of hydrogen-bond acceptors (Lipinski definition) is 4. The van der Waals surface area contributed by atoms with Gasteiger partial charge in [-0.2, -0.15) is 0 Å². The number of carbonyl (C=O) groups is 2. The van der Waals surface area contributed by atoms with Crippen LogP contribution < -0.4 is 5.32 Å². The van der Waals surface area contributed by atoms with E-state index in [2.05, 4.69) is 5.32 Å². The fraction of sp³-hybridized carbons (Fsp3) is 0.833. The van der Waals surface area contributed by atoms with Gasteiger partial charge in [0, 0.05) is 26.1 Å². The molecule has 1 aliphatic heterocycles. The molecule has 2 N–H and O–H groups in total. The van der Waals surface area contributed by atoms with E-state index >= 15 is 0 Å². The van der Waals surface area contributed by atoms with Gasteiger partial charge in [-0.05, 0) is 19.3 Å². The Bertz CT molecular complexity index is 449. The molecule has 1 fully saturated rings. The molecule has 116 valence electrons. The molecule has 20 heavy (non-hydrogen) atoms. The van der Waals surface area contributed by atoms with Crippen molar-refractivity contribution in [3.05, 3.63) is 0 Å². The summed E-state index contributed by atoms with van der Waals surface area (Å²) >= 11 is 0. The van der Waals surface area contributed by atoms with Gasteiger partial charge in [0.2, 0.25) is 0 Å². The zero-order valence-electron chi connectivity index (χ0n) is 11.7. The summed E-state index contributed by atoms with van der Waals surface area (Å²) in [7, 11) is -1.39. The zero-order chi connectivity index (χ0) is 15.2. The van der Waals surface area contributed by atoms with Crippen LogP contribution in [-0.4, -0.2) is 61.6 Å². The molecule has 1 atom stereocenters. The highest BCUT2D eigenvalue weighted by molar-refractivity contribution is 7.91. The fourth-order valence-electron chi connectivity index (χ4n) is 2.14. The Morgan fingerprint density at radius 2 is 2.00 bits per heavy atom. The first-order valence-electron chi connectivity index (χ1n) is 6.75. The van der Waals surface area contributed by atoms with E-state index in [9.17, 15) is 18.0 Å². The molecule has 0 aromatic rings. The lowest BCUT2D eigenvalue weighted by atomic mass is 10.2. The molecule has 0 aromatic carbocycles. The van der Waals surface area contributed by atoms with E-state index in [1.54, 1.807) is 7.05 Å². The summed E-state index contributed by atoms with van der Waals surface area (Å²) in [4.78, 5) is 23.6. The number of hydrogen-bond donors (Lipinski definition) is 2. The minimum Gasteiger partial charge on any atom is -0.481 e. The smallest absolute Gasteiger partial charge is 0.317 e. The van der Waals surface area contributed by atoms with Crippen molar-refractivity contribution in [3.8, 4) is 0 Å². The average molecular weight is 306 g/mol. The number of sulfone groups is 1. The van der Waals surface area contributed by atoms with Crippen LogP contribution in [0.3, 0.4) is 0 Å². The van der Waals surface area contributed by atoms with E-state index in [-0.39, 0.29) is 30.0 Å². The highest BCUT2D eigenvalue weighted by Crippen LogP contribution is 2.16. The number of urea groups is 1. The van der Waals surface area contributed by atoms with E-state index in [0.717, 1.165) is 12.8 Å². The van der Waals surface area contributed by atoms with Crippen molar-refractivity contribution in [2.24, 2.45) is 0 Å². The van der Waals surface area contributed by atoms with Crippen molar-refractivity contribution in [3.63, 3.8) is 0 Å². The molecule has 0 aromatic heterocycles. The first-order valence-corrected chi connectivity index (χ1v) is 8.57. The van der Waals surface area contributed by atoms with Gasteiger partial charge in [-0.1, -0.05) is 6.42 Å². The molecule has 1 aliphatic rings. The molecule has 2 amide bonds. The summed E-state index contributed by atoms with van der Waals surface area (Å²) in [5, 5.41) is 11.2. The Morgan fingerprint density at radius 1 is 1.30 bits per heavy atom. The van der Waals surface area contributed by atoms with Crippen LogP contribution in [0.5, 0.6) is 0 Å². The maximum Gasteiger partial charge on any atom is 0.317 e. The predicted octanol–water partition coefficient (Wildman–Crippen LogP) is 0.460. The second-order valence-corrected chi connectivity index (χ2v) is 7.33. The molecule has 0 radical (unpaired) electrons. The number of carbonyl (C=O) groups excluding carboxylic acids is 1. The van der Waals surface area contributed by atoms with Gasteiger partial charge < -0.3 is 15.3 Å². The standard InChI is InChI=1S/C12H22N2O5S/c1-14(10-6-8-20(18,19)9-10)12(17)13-7-4-2-3-5-11(15)16/h10H,2-9H2,1H3,(H,13,17)(H,15,16). The van der Waals surface area contributed by atoms with Crippen molar-refractivity contribution in [2.75, 3.05) is 25.1 Å². The van der Waals surface area contributed by atoms with E-state index < -0.39 is 15.8 Å². The number of nitrogens with zero attached hydrogens (tertiary/aromatic N) is 1. The summed E-state index contributed by atoms with van der Waals surface area (Å²) in [6.07, 6.45) is 2.70. The number of carboxylic acids is 1. The minimum absolute atomic E-state index is 0.0372. The lowest BCUT2D eigenvalue weighted by Crippen LogP contribution is -2.44. The van der Waals surface area contributed by atoms with E-state index in [1.165, 1.54) is 4.90 Å². The first-order chi connectivity index (χ1) is 9.32. The Labute approximate surface area is 119 Å². The van der Waals surface area contributed by atoms with Crippen LogP contribution in [-0.2, 0) is 14.6 Å². The van der Waals surface area contributed by atoms with Crippen molar-refractivity contribution in [1.82, 2.24) is 10.2 Å². The quantitative estimate of drug-likeness (QED) is 0.665. The Morgan fingerprint density at radius 3 is 2.55 bits per heavy atom. The van der Waals surface area contributed by atoms with Crippen LogP contribution in [0.25, 0.3) is 0 Å². The van der Waals surface area contributed by atoms with Crippen LogP contribution >= 0.6 is 0 Å². The van der Waals surface area contributed by atoms with Crippen LogP contribution in [0.4, 0.5) is 4.79 Å². The number of carboxylic acid groups (broad SMARTS) is 1. The number of nitrogens with one attached hydrogen (secondary N) is 1. The lowest BCUT2D eigenvalue weighted by Gasteiger charge is -2.23. The molecule has 0 bridgehead atoms. The van der Waals surface area contributed by atoms with Crippen molar-refractivity contribution < 1.29 is 23.1 Å². The highest BCUT2D eigenvalue weighted by Gasteiger charge is 2.32. The molecule has 0 saturated carbocycles. The van der Waals surface area contributed by atoms with E-state index in [4.69, 9.17) is 5.11 Å². The third-order valence-corrected chi connectivity index (χ3v) is 5.17. The van der Waals surface area contributed by atoms with Gasteiger partial charge in [0.15, 0.2) is 9.84 Å². The van der Waals surface area contributed by atoms with Crippen LogP contribution in [0.2, 0.25) is 0 Å². The number of amides is 2. The van der Waals surface area contributed by atoms with Crippen molar-refractivity contribution in [2.45, 2.75) is 38.1 Å². The van der Waals surface area contributed by atoms with E-state index in [0.29, 0.717) is 19.4 Å². The summed E-state index contributed by atoms with van der Waals surface area (Å²) < 4.78 is 22.7. The Balaban J connectivity index is 2.18. The highest BCUT2D eigenvalue weighted by atomic mass is 32.2. The van der Waals surface area contributed by atoms with Gasteiger partial charge in [-0.3, -0.25) is 4.79 Å². The maximum atomic E-state index is 11.8. The normalized spacial score (nSPS) is 20.6. The molecule has 1 heterocycles. The van der Waals surface area contributed by atoms with Crippen molar-refractivity contribution >= 4 is 21.8 Å². The maximum absolute atomic E-state index is 11.8. The third-order valence-electron chi connectivity index (χ3n) is 3.42. The zero-order valence-corrected chi connectivity index (χ0v) is 12.5.